The molecule has 0 fully saturated rings. The Morgan fingerprint density at radius 2 is 2.05 bits per heavy atom. The summed E-state index contributed by atoms with van der Waals surface area (Å²) in [4.78, 5) is 12.1. The topological polar surface area (TPSA) is 42.2 Å². The van der Waals surface area contributed by atoms with Gasteiger partial charge in [-0.1, -0.05) is 29.8 Å². The van der Waals surface area contributed by atoms with E-state index in [4.69, 9.17) is 16.0 Å². The highest BCUT2D eigenvalue weighted by atomic mass is 35.5. The lowest BCUT2D eigenvalue weighted by molar-refractivity contribution is 0.0948. The molecule has 5 heteroatoms. The molecule has 1 aromatic heterocycles. The van der Waals surface area contributed by atoms with Crippen LogP contribution < -0.4 is 5.32 Å². The van der Waals surface area contributed by atoms with Gasteiger partial charge in [0.1, 0.15) is 17.2 Å². The molecule has 0 spiro atoms. The van der Waals surface area contributed by atoms with Crippen LogP contribution in [0.15, 0.2) is 46.9 Å². The largest absolute Gasteiger partial charge is 0.459 e. The number of carbonyl (C=O) groups excluding carboxylic acids is 1. The zero-order chi connectivity index (χ0) is 15.7. The predicted octanol–water partition coefficient (Wildman–Crippen LogP) is 4.46. The van der Waals surface area contributed by atoms with E-state index in [9.17, 15) is 9.18 Å². The Morgan fingerprint density at radius 1 is 1.27 bits per heavy atom. The summed E-state index contributed by atoms with van der Waals surface area (Å²) in [6.07, 6.45) is 0. The van der Waals surface area contributed by atoms with E-state index in [0.717, 1.165) is 16.5 Å². The van der Waals surface area contributed by atoms with Gasteiger partial charge in [0.05, 0.1) is 11.6 Å². The van der Waals surface area contributed by atoms with Crippen LogP contribution in [0.25, 0.3) is 11.0 Å². The minimum absolute atomic E-state index is 0.0763. The fourth-order valence-corrected chi connectivity index (χ4v) is 2.47. The molecule has 0 aliphatic heterocycles. The summed E-state index contributed by atoms with van der Waals surface area (Å²) in [6.45, 7) is 2.20. The molecule has 0 aliphatic carbocycles. The van der Waals surface area contributed by atoms with E-state index in [1.54, 1.807) is 0 Å². The second-order valence-corrected chi connectivity index (χ2v) is 5.37. The van der Waals surface area contributed by atoms with Crippen molar-refractivity contribution in [3.8, 4) is 0 Å². The number of fused-ring (bicyclic) bond motifs is 1. The van der Waals surface area contributed by atoms with E-state index < -0.39 is 5.82 Å². The average molecular weight is 318 g/mol. The number of halogens is 2. The monoisotopic (exact) mass is 317 g/mol. The number of nitrogens with one attached hydrogen (secondary N) is 1. The number of benzene rings is 2. The Labute approximate surface area is 131 Å². The van der Waals surface area contributed by atoms with Crippen LogP contribution in [0.2, 0.25) is 5.02 Å². The molecule has 0 radical (unpaired) electrons. The van der Waals surface area contributed by atoms with Gasteiger partial charge in [-0.05, 0) is 31.2 Å². The molecule has 112 valence electrons. The van der Waals surface area contributed by atoms with E-state index in [-0.39, 0.29) is 17.5 Å². The molecule has 3 nitrogen and oxygen atoms in total. The Balaban J connectivity index is 1.77. The lowest BCUT2D eigenvalue weighted by atomic mass is 10.1. The summed E-state index contributed by atoms with van der Waals surface area (Å²) in [5, 5.41) is 3.70. The van der Waals surface area contributed by atoms with Crippen molar-refractivity contribution in [1.82, 2.24) is 5.32 Å². The molecule has 3 aromatic rings. The fourth-order valence-electron chi connectivity index (χ4n) is 2.29. The highest BCUT2D eigenvalue weighted by molar-refractivity contribution is 6.31. The number of para-hydroxylation sites is 1. The van der Waals surface area contributed by atoms with Crippen LogP contribution >= 0.6 is 11.6 Å². The van der Waals surface area contributed by atoms with Gasteiger partial charge in [-0.3, -0.25) is 4.79 Å². The SMILES string of the molecule is Cc1c(CNC(=O)c2ccc(F)c(Cl)c2)oc2ccccc12. The number of carbonyl (C=O) groups is 1. The summed E-state index contributed by atoms with van der Waals surface area (Å²) in [5.41, 5.74) is 2.09. The van der Waals surface area contributed by atoms with Gasteiger partial charge in [-0.2, -0.15) is 0 Å². The van der Waals surface area contributed by atoms with E-state index in [1.807, 2.05) is 31.2 Å². The summed E-state index contributed by atoms with van der Waals surface area (Å²) >= 11 is 5.68. The van der Waals surface area contributed by atoms with Gasteiger partial charge in [-0.25, -0.2) is 4.39 Å². The molecule has 0 atom stereocenters. The van der Waals surface area contributed by atoms with Gasteiger partial charge in [-0.15, -0.1) is 0 Å². The maximum Gasteiger partial charge on any atom is 0.251 e. The Hall–Kier alpha value is -2.33. The molecule has 2 aromatic carbocycles. The molecular formula is C17H13ClFNO2. The number of aryl methyl sites for hydroxylation is 1. The fraction of sp³-hybridized carbons (Fsp3) is 0.118. The van der Waals surface area contributed by atoms with Crippen LogP contribution in [0.4, 0.5) is 4.39 Å². The van der Waals surface area contributed by atoms with Crippen molar-refractivity contribution in [3.05, 3.63) is 70.2 Å². The van der Waals surface area contributed by atoms with Crippen LogP contribution in [-0.2, 0) is 6.54 Å². The second kappa shape index (κ2) is 5.81. The summed E-state index contributed by atoms with van der Waals surface area (Å²) < 4.78 is 18.8. The molecule has 0 unspecified atom stereocenters. The minimum atomic E-state index is -0.550. The molecule has 0 bridgehead atoms. The highest BCUT2D eigenvalue weighted by Crippen LogP contribution is 2.24. The zero-order valence-electron chi connectivity index (χ0n) is 11.8. The molecule has 22 heavy (non-hydrogen) atoms. The number of hydrogen-bond donors (Lipinski definition) is 1. The zero-order valence-corrected chi connectivity index (χ0v) is 12.6. The van der Waals surface area contributed by atoms with Crippen LogP contribution in [0.3, 0.4) is 0 Å². The summed E-state index contributed by atoms with van der Waals surface area (Å²) in [7, 11) is 0. The summed E-state index contributed by atoms with van der Waals surface area (Å²) in [5.74, 6) is -0.184. The molecule has 1 amide bonds. The van der Waals surface area contributed by atoms with Gasteiger partial charge in [0.2, 0.25) is 0 Å². The quantitative estimate of drug-likeness (QED) is 0.774. The van der Waals surface area contributed by atoms with Crippen LogP contribution in [0, 0.1) is 12.7 Å². The molecular weight excluding hydrogens is 305 g/mol. The van der Waals surface area contributed by atoms with Gasteiger partial charge < -0.3 is 9.73 Å². The van der Waals surface area contributed by atoms with Crippen molar-refractivity contribution in [2.45, 2.75) is 13.5 Å². The van der Waals surface area contributed by atoms with Crippen molar-refractivity contribution in [1.29, 1.82) is 0 Å². The molecule has 0 saturated heterocycles. The van der Waals surface area contributed by atoms with Crippen LogP contribution in [0.5, 0.6) is 0 Å². The van der Waals surface area contributed by atoms with Crippen LogP contribution in [0.1, 0.15) is 21.7 Å². The van der Waals surface area contributed by atoms with E-state index >= 15 is 0 Å². The van der Waals surface area contributed by atoms with Gasteiger partial charge >= 0.3 is 0 Å². The first-order chi connectivity index (χ1) is 10.6. The van der Waals surface area contributed by atoms with E-state index in [2.05, 4.69) is 5.32 Å². The van der Waals surface area contributed by atoms with Crippen LogP contribution in [-0.4, -0.2) is 5.91 Å². The second-order valence-electron chi connectivity index (χ2n) is 4.96. The Kier molecular flexibility index (Phi) is 3.86. The number of amides is 1. The van der Waals surface area contributed by atoms with Crippen molar-refractivity contribution in [3.63, 3.8) is 0 Å². The molecule has 1 N–H and O–H groups in total. The number of furan rings is 1. The standard InChI is InChI=1S/C17H13ClFNO2/c1-10-12-4-2-3-5-15(12)22-16(10)9-20-17(21)11-6-7-14(19)13(18)8-11/h2-8H,9H2,1H3,(H,20,21). The predicted molar refractivity (Wildman–Crippen MR) is 83.5 cm³/mol. The number of hydrogen-bond acceptors (Lipinski definition) is 2. The summed E-state index contributed by atoms with van der Waals surface area (Å²) in [6, 6.07) is 11.6. The third kappa shape index (κ3) is 2.70. The van der Waals surface area contributed by atoms with Gasteiger partial charge in [0.15, 0.2) is 0 Å². The first kappa shape index (κ1) is 14.6. The molecule has 0 aliphatic rings. The van der Waals surface area contributed by atoms with E-state index in [1.165, 1.54) is 18.2 Å². The molecule has 3 rings (SSSR count). The Bertz CT molecular complexity index is 857. The lowest BCUT2D eigenvalue weighted by Gasteiger charge is -2.05. The van der Waals surface area contributed by atoms with Crippen molar-refractivity contribution < 1.29 is 13.6 Å². The first-order valence-corrected chi connectivity index (χ1v) is 7.14. The smallest absolute Gasteiger partial charge is 0.251 e. The lowest BCUT2D eigenvalue weighted by Crippen LogP contribution is -2.22. The maximum absolute atomic E-state index is 13.1. The van der Waals surface area contributed by atoms with Crippen molar-refractivity contribution in [2.24, 2.45) is 0 Å². The highest BCUT2D eigenvalue weighted by Gasteiger charge is 2.13. The van der Waals surface area contributed by atoms with E-state index in [0.29, 0.717) is 11.3 Å². The minimum Gasteiger partial charge on any atom is -0.459 e. The van der Waals surface area contributed by atoms with Crippen molar-refractivity contribution in [2.75, 3.05) is 0 Å². The third-order valence-corrected chi connectivity index (χ3v) is 3.82. The Morgan fingerprint density at radius 3 is 2.77 bits per heavy atom. The van der Waals surface area contributed by atoms with Crippen molar-refractivity contribution >= 4 is 28.5 Å². The van der Waals surface area contributed by atoms with Gasteiger partial charge in [0.25, 0.3) is 5.91 Å². The maximum atomic E-state index is 13.1. The average Bonchev–Trinajstić information content (AvgIpc) is 2.84. The molecule has 0 saturated carbocycles. The third-order valence-electron chi connectivity index (χ3n) is 3.53. The molecule has 1 heterocycles. The normalized spacial score (nSPS) is 10.9. The van der Waals surface area contributed by atoms with Gasteiger partial charge in [0, 0.05) is 16.5 Å². The number of rotatable bonds is 3. The first-order valence-electron chi connectivity index (χ1n) is 6.76.